The lowest BCUT2D eigenvalue weighted by Crippen LogP contribution is -2.61. The largest absolute Gasteiger partial charge is 0.474 e. The third-order valence-electron chi connectivity index (χ3n) is 11.6. The van der Waals surface area contributed by atoms with E-state index in [1.807, 2.05) is 44.7 Å². The first-order chi connectivity index (χ1) is 31.4. The number of hydrogen-bond donors (Lipinski definition) is 3. The lowest BCUT2D eigenvalue weighted by Gasteiger charge is -2.47. The smallest absolute Gasteiger partial charge is 0.410 e. The summed E-state index contributed by atoms with van der Waals surface area (Å²) in [5, 5.41) is 9.63. The number of aromatic nitrogens is 4. The molecule has 1 saturated carbocycles. The Bertz CT molecular complexity index is 2300. The first-order valence-corrected chi connectivity index (χ1v) is 22.5. The SMILES string of the molecule is Cc1ccc(Nc2ncnc(OC3CC4COCC(C3)N4)c2C)c(F)c1.Cc1ccc(Nc2ncnc(OC3CC4COCC(C3)N4C(=O)OC3CCC3)c2C)c(F)c1.O=S=O.O=S=O. The predicted octanol–water partition coefficient (Wildman–Crippen LogP) is 5.81. The van der Waals surface area contributed by atoms with E-state index in [1.165, 1.54) is 24.8 Å². The lowest BCUT2D eigenvalue weighted by molar-refractivity contribution is -0.0984. The van der Waals surface area contributed by atoms with Crippen molar-refractivity contribution in [2.24, 2.45) is 0 Å². The minimum absolute atomic E-state index is 0.0565. The predicted molar refractivity (Wildman–Crippen MR) is 233 cm³/mol. The fourth-order valence-electron chi connectivity index (χ4n) is 8.20. The van der Waals surface area contributed by atoms with Gasteiger partial charge in [0.15, 0.2) is 0 Å². The molecule has 6 heterocycles. The number of rotatable bonds is 9. The Morgan fingerprint density at radius 3 is 1.55 bits per heavy atom. The maximum absolute atomic E-state index is 14.3. The van der Waals surface area contributed by atoms with E-state index in [1.54, 1.807) is 12.1 Å². The maximum Gasteiger partial charge on any atom is 0.410 e. The molecule has 0 spiro atoms. The molecular weight excluding hydrogens is 891 g/mol. The fraction of sp³-hybridized carbons (Fsp3) is 0.512. The van der Waals surface area contributed by atoms with Gasteiger partial charge in [-0.05, 0) is 82.3 Å². The summed E-state index contributed by atoms with van der Waals surface area (Å²) in [6.07, 6.45) is 8.71. The van der Waals surface area contributed by atoms with Crippen LogP contribution in [0.3, 0.4) is 0 Å². The van der Waals surface area contributed by atoms with Crippen LogP contribution in [-0.2, 0) is 37.4 Å². The summed E-state index contributed by atoms with van der Waals surface area (Å²) in [6, 6.07) is 10.5. The molecule has 0 radical (unpaired) electrons. The van der Waals surface area contributed by atoms with Crippen LogP contribution in [0.1, 0.15) is 67.2 Å². The molecule has 5 fully saturated rings. The van der Waals surface area contributed by atoms with Gasteiger partial charge in [0.2, 0.25) is 11.8 Å². The highest BCUT2D eigenvalue weighted by molar-refractivity contribution is 7.51. The molecule has 4 saturated heterocycles. The number of morpholine rings is 2. The maximum atomic E-state index is 14.3. The van der Waals surface area contributed by atoms with E-state index >= 15 is 0 Å². The van der Waals surface area contributed by atoms with Crippen molar-refractivity contribution < 1.29 is 54.1 Å². The first-order valence-electron chi connectivity index (χ1n) is 21.2. The molecule has 4 unspecified atom stereocenters. The summed E-state index contributed by atoms with van der Waals surface area (Å²) in [5.74, 6) is 1.39. The first kappa shape index (κ1) is 48.9. The minimum atomic E-state index is -0.750. The number of nitrogens with zero attached hydrogens (tertiary/aromatic N) is 5. The highest BCUT2D eigenvalue weighted by Crippen LogP contribution is 2.35. The van der Waals surface area contributed by atoms with Crippen molar-refractivity contribution in [3.63, 3.8) is 0 Å². The van der Waals surface area contributed by atoms with Gasteiger partial charge < -0.3 is 39.6 Å². The number of carbonyl (C=O) groups is 1. The number of nitrogens with one attached hydrogen (secondary N) is 3. The quantitative estimate of drug-likeness (QED) is 0.180. The summed E-state index contributed by atoms with van der Waals surface area (Å²) in [6.45, 7) is 9.81. The molecule has 4 aliphatic heterocycles. The average molecular weight is 943 g/mol. The molecule has 22 heteroatoms. The third kappa shape index (κ3) is 13.3. The molecule has 9 rings (SSSR count). The second-order valence-electron chi connectivity index (χ2n) is 16.4. The van der Waals surface area contributed by atoms with E-state index in [9.17, 15) is 13.6 Å². The molecule has 65 heavy (non-hydrogen) atoms. The van der Waals surface area contributed by atoms with Crippen molar-refractivity contribution in [1.82, 2.24) is 30.2 Å². The standard InChI is InChI=1S/C24H29FN4O4.C19H23FN4O2.2O2S/c1-14-6-7-21(20(25)8-14)28-22-15(2)23(27-13-26-22)32-19-9-16-11-31-12-17(10-19)29(16)24(30)33-18-4-3-5-18;1-11-3-4-17(16(20)5-11)24-18-12(2)19(22-10-21-18)26-15-6-13-8-25-9-14(7-15)23-13;2*1-3-2/h6-8,13,16-19H,3-5,9-12H2,1-2H3,(H,26,27,28);3-5,10,13-15,23H,6-9H2,1-2H3,(H,21,22,24);;. The number of anilines is 4. The van der Waals surface area contributed by atoms with Crippen LogP contribution in [0.4, 0.5) is 36.6 Å². The van der Waals surface area contributed by atoms with Gasteiger partial charge in [-0.25, -0.2) is 33.5 Å². The summed E-state index contributed by atoms with van der Waals surface area (Å²) < 4.78 is 91.0. The van der Waals surface area contributed by atoms with Gasteiger partial charge in [-0.15, -0.1) is 0 Å². The number of ether oxygens (including phenoxy) is 5. The van der Waals surface area contributed by atoms with Crippen LogP contribution >= 0.6 is 0 Å². The number of piperidine rings is 2. The molecule has 4 atom stereocenters. The fourth-order valence-corrected chi connectivity index (χ4v) is 8.20. The van der Waals surface area contributed by atoms with Crippen molar-refractivity contribution in [3.8, 4) is 11.8 Å². The minimum Gasteiger partial charge on any atom is -0.474 e. The summed E-state index contributed by atoms with van der Waals surface area (Å²) in [5.41, 5.74) is 3.92. The Hall–Kier alpha value is -5.55. The summed E-state index contributed by atoms with van der Waals surface area (Å²) in [7, 11) is 0. The van der Waals surface area contributed by atoms with Crippen LogP contribution in [-0.4, -0.2) is 117 Å². The van der Waals surface area contributed by atoms with Crippen LogP contribution in [0.15, 0.2) is 49.1 Å². The molecular formula is C43H52F2N8O10S2. The van der Waals surface area contributed by atoms with E-state index in [2.05, 4.69) is 35.9 Å². The second-order valence-corrected chi connectivity index (χ2v) is 16.6. The third-order valence-corrected chi connectivity index (χ3v) is 11.6. The second kappa shape index (κ2) is 23.6. The van der Waals surface area contributed by atoms with Gasteiger partial charge >= 0.3 is 29.2 Å². The van der Waals surface area contributed by atoms with E-state index in [4.69, 9.17) is 40.5 Å². The molecule has 3 N–H and O–H groups in total. The zero-order valence-corrected chi connectivity index (χ0v) is 38.0. The highest BCUT2D eigenvalue weighted by Gasteiger charge is 2.44. The normalized spacial score (nSPS) is 22.9. The van der Waals surface area contributed by atoms with Crippen LogP contribution in [0, 0.1) is 39.3 Å². The van der Waals surface area contributed by atoms with E-state index in [0.717, 1.165) is 62.0 Å². The molecule has 5 aliphatic rings. The van der Waals surface area contributed by atoms with Gasteiger partial charge in [0, 0.05) is 37.8 Å². The van der Waals surface area contributed by atoms with Crippen molar-refractivity contribution in [2.45, 2.75) is 115 Å². The topological polar surface area (TPSA) is 222 Å². The van der Waals surface area contributed by atoms with Gasteiger partial charge in [-0.2, -0.15) is 16.8 Å². The zero-order valence-electron chi connectivity index (χ0n) is 36.3. The number of aryl methyl sites for hydroxylation is 2. The molecule has 18 nitrogen and oxygen atoms in total. The van der Waals surface area contributed by atoms with Gasteiger partial charge in [-0.1, -0.05) is 12.1 Å². The number of carbonyl (C=O) groups excluding carboxylic acids is 1. The lowest BCUT2D eigenvalue weighted by atomic mass is 9.92. The summed E-state index contributed by atoms with van der Waals surface area (Å²) >= 11 is -1.50. The molecule has 2 aromatic carbocycles. The van der Waals surface area contributed by atoms with E-state index in [0.29, 0.717) is 78.5 Å². The number of amides is 1. The van der Waals surface area contributed by atoms with Crippen molar-refractivity contribution in [1.29, 1.82) is 0 Å². The zero-order chi connectivity index (χ0) is 46.5. The van der Waals surface area contributed by atoms with Crippen molar-refractivity contribution in [3.05, 3.63) is 82.9 Å². The Kier molecular flexibility index (Phi) is 17.7. The molecule has 1 amide bonds. The van der Waals surface area contributed by atoms with Gasteiger partial charge in [0.05, 0.1) is 61.0 Å². The van der Waals surface area contributed by atoms with Crippen molar-refractivity contribution >= 4 is 52.2 Å². The Labute approximate surface area is 382 Å². The van der Waals surface area contributed by atoms with Gasteiger partial charge in [0.1, 0.15) is 54.2 Å². The molecule has 2 aromatic heterocycles. The Balaban J connectivity index is 0.000000196. The summed E-state index contributed by atoms with van der Waals surface area (Å²) in [4.78, 5) is 31.7. The van der Waals surface area contributed by atoms with Gasteiger partial charge in [0.25, 0.3) is 0 Å². The Morgan fingerprint density at radius 1 is 0.677 bits per heavy atom. The highest BCUT2D eigenvalue weighted by atomic mass is 32.1. The molecule has 1 aliphatic carbocycles. The van der Waals surface area contributed by atoms with Crippen LogP contribution in [0.5, 0.6) is 11.8 Å². The van der Waals surface area contributed by atoms with E-state index < -0.39 is 23.1 Å². The number of halogens is 2. The van der Waals surface area contributed by atoms with Crippen LogP contribution < -0.4 is 25.4 Å². The number of fused-ring (bicyclic) bond motifs is 4. The Morgan fingerprint density at radius 2 is 1.12 bits per heavy atom. The monoisotopic (exact) mass is 942 g/mol. The molecule has 4 aromatic rings. The van der Waals surface area contributed by atoms with Crippen LogP contribution in [0.2, 0.25) is 0 Å². The number of hydrogen-bond acceptors (Lipinski definition) is 17. The molecule has 350 valence electrons. The van der Waals surface area contributed by atoms with Crippen LogP contribution in [0.25, 0.3) is 0 Å². The number of benzene rings is 2. The molecule has 4 bridgehead atoms. The average Bonchev–Trinajstić information content (AvgIpc) is 3.24. The van der Waals surface area contributed by atoms with Crippen molar-refractivity contribution in [2.75, 3.05) is 37.1 Å². The van der Waals surface area contributed by atoms with E-state index in [-0.39, 0.29) is 48.1 Å². The van der Waals surface area contributed by atoms with Gasteiger partial charge in [-0.3, -0.25) is 4.90 Å².